The summed E-state index contributed by atoms with van der Waals surface area (Å²) in [6, 6.07) is 5.72. The minimum atomic E-state index is -0.142. The second kappa shape index (κ2) is 9.16. The Bertz CT molecular complexity index is 483. The van der Waals surface area contributed by atoms with Crippen LogP contribution in [0.3, 0.4) is 0 Å². The predicted octanol–water partition coefficient (Wildman–Crippen LogP) is 3.16. The molecule has 0 bridgehead atoms. The van der Waals surface area contributed by atoms with Gasteiger partial charge in [-0.1, -0.05) is 12.5 Å². The van der Waals surface area contributed by atoms with E-state index in [0.29, 0.717) is 25.1 Å². The van der Waals surface area contributed by atoms with Crippen LogP contribution in [0.15, 0.2) is 18.2 Å². The Kier molecular flexibility index (Phi) is 7.51. The van der Waals surface area contributed by atoms with Crippen molar-refractivity contribution in [3.63, 3.8) is 0 Å². The van der Waals surface area contributed by atoms with Gasteiger partial charge >= 0.3 is 5.97 Å². The van der Waals surface area contributed by atoms with E-state index in [2.05, 4.69) is 5.32 Å². The predicted molar refractivity (Wildman–Crippen MR) is 83.4 cm³/mol. The van der Waals surface area contributed by atoms with Gasteiger partial charge in [0.15, 0.2) is 0 Å². The lowest BCUT2D eigenvalue weighted by molar-refractivity contribution is -0.143. The van der Waals surface area contributed by atoms with Gasteiger partial charge in [-0.05, 0) is 56.9 Å². The number of carbonyl (C=O) groups excluding carboxylic acids is 2. The van der Waals surface area contributed by atoms with Crippen LogP contribution in [-0.4, -0.2) is 25.0 Å². The Morgan fingerprint density at radius 3 is 2.52 bits per heavy atom. The molecule has 1 rings (SSSR count). The van der Waals surface area contributed by atoms with Gasteiger partial charge in [0.25, 0.3) is 5.91 Å². The van der Waals surface area contributed by atoms with E-state index in [-0.39, 0.29) is 11.9 Å². The second-order valence-corrected chi connectivity index (χ2v) is 5.17. The van der Waals surface area contributed by atoms with Gasteiger partial charge in [-0.3, -0.25) is 9.59 Å². The Labute approximate surface area is 126 Å². The molecule has 0 aromatic heterocycles. The zero-order chi connectivity index (χ0) is 15.7. The molecule has 0 saturated heterocycles. The lowest BCUT2D eigenvalue weighted by Crippen LogP contribution is -2.24. The minimum Gasteiger partial charge on any atom is -0.466 e. The first-order valence-electron chi connectivity index (χ1n) is 7.55. The van der Waals surface area contributed by atoms with Gasteiger partial charge in [0.05, 0.1) is 6.61 Å². The molecule has 1 aromatic rings. The summed E-state index contributed by atoms with van der Waals surface area (Å²) >= 11 is 0. The standard InChI is InChI=1S/C17H25NO3/c1-4-21-16(19)8-6-5-7-11-18-17(20)15-10-9-13(2)14(3)12-15/h9-10,12H,4-8,11H2,1-3H3,(H,18,20). The lowest BCUT2D eigenvalue weighted by Gasteiger charge is -2.07. The number of unbranched alkanes of at least 4 members (excludes halogenated alkanes) is 2. The van der Waals surface area contributed by atoms with E-state index in [0.717, 1.165) is 24.8 Å². The number of nitrogens with one attached hydrogen (secondary N) is 1. The van der Waals surface area contributed by atoms with Crippen LogP contribution in [-0.2, 0) is 9.53 Å². The number of esters is 1. The molecule has 21 heavy (non-hydrogen) atoms. The van der Waals surface area contributed by atoms with Crippen molar-refractivity contribution in [2.24, 2.45) is 0 Å². The summed E-state index contributed by atoms with van der Waals surface area (Å²) in [4.78, 5) is 23.1. The highest BCUT2D eigenvalue weighted by Crippen LogP contribution is 2.09. The van der Waals surface area contributed by atoms with Crippen LogP contribution >= 0.6 is 0 Å². The Hall–Kier alpha value is -1.84. The van der Waals surface area contributed by atoms with Gasteiger partial charge in [0.2, 0.25) is 0 Å². The molecule has 1 amide bonds. The van der Waals surface area contributed by atoms with Crippen molar-refractivity contribution in [2.75, 3.05) is 13.2 Å². The highest BCUT2D eigenvalue weighted by Gasteiger charge is 2.06. The van der Waals surface area contributed by atoms with Gasteiger partial charge in [-0.25, -0.2) is 0 Å². The van der Waals surface area contributed by atoms with Crippen LogP contribution in [0.2, 0.25) is 0 Å². The van der Waals surface area contributed by atoms with Crippen LogP contribution in [0.5, 0.6) is 0 Å². The summed E-state index contributed by atoms with van der Waals surface area (Å²) in [5.41, 5.74) is 3.01. The van der Waals surface area contributed by atoms with Crippen LogP contribution in [0.1, 0.15) is 54.1 Å². The number of rotatable bonds is 8. The van der Waals surface area contributed by atoms with Crippen molar-refractivity contribution < 1.29 is 14.3 Å². The van der Waals surface area contributed by atoms with E-state index < -0.39 is 0 Å². The largest absolute Gasteiger partial charge is 0.466 e. The molecule has 0 aliphatic heterocycles. The van der Waals surface area contributed by atoms with Gasteiger partial charge in [-0.2, -0.15) is 0 Å². The molecule has 1 N–H and O–H groups in total. The maximum atomic E-state index is 11.9. The summed E-state index contributed by atoms with van der Waals surface area (Å²) in [6.45, 7) is 6.90. The van der Waals surface area contributed by atoms with Crippen LogP contribution in [0, 0.1) is 13.8 Å². The molecule has 116 valence electrons. The monoisotopic (exact) mass is 291 g/mol. The highest BCUT2D eigenvalue weighted by atomic mass is 16.5. The molecule has 0 unspecified atom stereocenters. The third kappa shape index (κ3) is 6.43. The van der Waals surface area contributed by atoms with Gasteiger partial charge in [0, 0.05) is 18.5 Å². The van der Waals surface area contributed by atoms with Crippen molar-refractivity contribution in [3.8, 4) is 0 Å². The van der Waals surface area contributed by atoms with Crippen LogP contribution in [0.4, 0.5) is 0 Å². The third-order valence-corrected chi connectivity index (χ3v) is 3.42. The van der Waals surface area contributed by atoms with Crippen LogP contribution < -0.4 is 5.32 Å². The molecule has 0 radical (unpaired) electrons. The van der Waals surface area contributed by atoms with E-state index in [1.807, 2.05) is 32.0 Å². The number of carbonyl (C=O) groups is 2. The van der Waals surface area contributed by atoms with Crippen LogP contribution in [0.25, 0.3) is 0 Å². The smallest absolute Gasteiger partial charge is 0.305 e. The molecule has 0 atom stereocenters. The van der Waals surface area contributed by atoms with Gasteiger partial charge < -0.3 is 10.1 Å². The quantitative estimate of drug-likeness (QED) is 0.591. The molecule has 0 spiro atoms. The molecular weight excluding hydrogens is 266 g/mol. The second-order valence-electron chi connectivity index (χ2n) is 5.17. The summed E-state index contributed by atoms with van der Waals surface area (Å²) in [6.07, 6.45) is 3.04. The highest BCUT2D eigenvalue weighted by molar-refractivity contribution is 5.94. The fourth-order valence-corrected chi connectivity index (χ4v) is 1.99. The Balaban J connectivity index is 2.19. The number of ether oxygens (including phenoxy) is 1. The third-order valence-electron chi connectivity index (χ3n) is 3.42. The molecular formula is C17H25NO3. The van der Waals surface area contributed by atoms with E-state index in [1.54, 1.807) is 6.92 Å². The molecule has 1 aromatic carbocycles. The van der Waals surface area contributed by atoms with Crippen molar-refractivity contribution in [1.82, 2.24) is 5.32 Å². The van der Waals surface area contributed by atoms with E-state index >= 15 is 0 Å². The first kappa shape index (κ1) is 17.2. The molecule has 4 nitrogen and oxygen atoms in total. The fraction of sp³-hybridized carbons (Fsp3) is 0.529. The number of hydrogen-bond donors (Lipinski definition) is 1. The zero-order valence-corrected chi connectivity index (χ0v) is 13.2. The molecule has 4 heteroatoms. The number of aryl methyl sites for hydroxylation is 2. The Morgan fingerprint density at radius 1 is 1.10 bits per heavy atom. The number of hydrogen-bond acceptors (Lipinski definition) is 3. The molecule has 0 aliphatic carbocycles. The van der Waals surface area contributed by atoms with E-state index in [9.17, 15) is 9.59 Å². The van der Waals surface area contributed by atoms with Crippen molar-refractivity contribution in [1.29, 1.82) is 0 Å². The zero-order valence-electron chi connectivity index (χ0n) is 13.2. The Morgan fingerprint density at radius 2 is 1.86 bits per heavy atom. The SMILES string of the molecule is CCOC(=O)CCCCCNC(=O)c1ccc(C)c(C)c1. The normalized spacial score (nSPS) is 10.2. The first-order valence-corrected chi connectivity index (χ1v) is 7.55. The molecule has 0 aliphatic rings. The van der Waals surface area contributed by atoms with Crippen molar-refractivity contribution in [3.05, 3.63) is 34.9 Å². The maximum absolute atomic E-state index is 11.9. The van der Waals surface area contributed by atoms with Gasteiger partial charge in [0.1, 0.15) is 0 Å². The molecule has 0 fully saturated rings. The van der Waals surface area contributed by atoms with E-state index in [1.165, 1.54) is 5.56 Å². The summed E-state index contributed by atoms with van der Waals surface area (Å²) in [5, 5.41) is 2.90. The first-order chi connectivity index (χ1) is 10.0. The van der Waals surface area contributed by atoms with Gasteiger partial charge in [-0.15, -0.1) is 0 Å². The van der Waals surface area contributed by atoms with Crippen molar-refractivity contribution in [2.45, 2.75) is 46.5 Å². The van der Waals surface area contributed by atoms with Crippen molar-refractivity contribution >= 4 is 11.9 Å². The fourth-order valence-electron chi connectivity index (χ4n) is 1.99. The molecule has 0 heterocycles. The minimum absolute atomic E-state index is 0.0384. The lowest BCUT2D eigenvalue weighted by atomic mass is 10.1. The average Bonchev–Trinajstić information content (AvgIpc) is 2.45. The maximum Gasteiger partial charge on any atom is 0.305 e. The topological polar surface area (TPSA) is 55.4 Å². The summed E-state index contributed by atoms with van der Waals surface area (Å²) < 4.78 is 4.86. The number of amides is 1. The number of benzene rings is 1. The summed E-state index contributed by atoms with van der Waals surface area (Å²) in [5.74, 6) is -0.180. The van der Waals surface area contributed by atoms with E-state index in [4.69, 9.17) is 4.74 Å². The average molecular weight is 291 g/mol. The summed E-state index contributed by atoms with van der Waals surface area (Å²) in [7, 11) is 0. The molecule has 0 saturated carbocycles.